The lowest BCUT2D eigenvalue weighted by Crippen LogP contribution is -2.05. The molecule has 0 aliphatic heterocycles. The van der Waals surface area contributed by atoms with Crippen LogP contribution < -0.4 is 4.74 Å². The number of halogens is 1. The van der Waals surface area contributed by atoms with Crippen LogP contribution in [-0.2, 0) is 6.61 Å². The summed E-state index contributed by atoms with van der Waals surface area (Å²) in [5.41, 5.74) is 2.80. The van der Waals surface area contributed by atoms with Crippen molar-refractivity contribution in [2.24, 2.45) is 0 Å². The number of nitrogens with zero attached hydrogens (tertiary/aromatic N) is 2. The maximum Gasteiger partial charge on any atom is 0.208 e. The number of rotatable bonds is 7. The largest absolute Gasteiger partial charge is 0.486 e. The van der Waals surface area contributed by atoms with Crippen LogP contribution in [0.2, 0.25) is 5.02 Å². The van der Waals surface area contributed by atoms with Crippen LogP contribution >= 0.6 is 23.4 Å². The van der Waals surface area contributed by atoms with E-state index in [0.717, 1.165) is 16.7 Å². The van der Waals surface area contributed by atoms with E-state index in [1.54, 1.807) is 24.3 Å². The van der Waals surface area contributed by atoms with Gasteiger partial charge in [-0.1, -0.05) is 41.1 Å². The van der Waals surface area contributed by atoms with Crippen LogP contribution in [0.15, 0.2) is 47.6 Å². The summed E-state index contributed by atoms with van der Waals surface area (Å²) in [5.74, 6) is 1.66. The van der Waals surface area contributed by atoms with Crippen molar-refractivity contribution < 1.29 is 9.53 Å². The quantitative estimate of drug-likeness (QED) is 0.473. The van der Waals surface area contributed by atoms with E-state index >= 15 is 0 Å². The van der Waals surface area contributed by atoms with Crippen molar-refractivity contribution in [2.45, 2.75) is 25.6 Å². The second-order valence-corrected chi connectivity index (χ2v) is 7.22. The smallest absolute Gasteiger partial charge is 0.208 e. The number of nitrogens with one attached hydrogen (secondary N) is 1. The van der Waals surface area contributed by atoms with Crippen LogP contribution in [0.5, 0.6) is 5.75 Å². The number of aryl methyl sites for hydroxylation is 2. The Morgan fingerprint density at radius 3 is 2.73 bits per heavy atom. The van der Waals surface area contributed by atoms with Crippen molar-refractivity contribution in [1.29, 1.82) is 0 Å². The number of hydrogen-bond donors (Lipinski definition) is 1. The lowest BCUT2D eigenvalue weighted by atomic mass is 10.0. The van der Waals surface area contributed by atoms with E-state index in [9.17, 15) is 4.79 Å². The standard InChI is InChI=1S/C19H18ClN3O2S/c1-12-3-4-13(2)16(9-12)17(24)11-26-19-21-18(22-23-19)10-25-15-7-5-14(20)6-8-15/h3-9H,10-11H2,1-2H3,(H,21,22,23). The summed E-state index contributed by atoms with van der Waals surface area (Å²) < 4.78 is 5.62. The van der Waals surface area contributed by atoms with Gasteiger partial charge >= 0.3 is 0 Å². The van der Waals surface area contributed by atoms with E-state index in [1.165, 1.54) is 11.8 Å². The summed E-state index contributed by atoms with van der Waals surface area (Å²) in [6.07, 6.45) is 0. The molecule has 0 amide bonds. The maximum absolute atomic E-state index is 12.4. The molecule has 0 fully saturated rings. The van der Waals surface area contributed by atoms with Crippen LogP contribution in [0.3, 0.4) is 0 Å². The van der Waals surface area contributed by atoms with Crippen LogP contribution in [0.25, 0.3) is 0 Å². The van der Waals surface area contributed by atoms with E-state index in [-0.39, 0.29) is 12.4 Å². The molecule has 1 heterocycles. The summed E-state index contributed by atoms with van der Waals surface area (Å²) in [6.45, 7) is 4.18. The molecular formula is C19H18ClN3O2S. The number of thioether (sulfide) groups is 1. The summed E-state index contributed by atoms with van der Waals surface area (Å²) in [6, 6.07) is 13.0. The molecule has 134 valence electrons. The number of carbonyl (C=O) groups is 1. The molecule has 1 N–H and O–H groups in total. The highest BCUT2D eigenvalue weighted by molar-refractivity contribution is 7.99. The van der Waals surface area contributed by atoms with Gasteiger partial charge in [-0.2, -0.15) is 0 Å². The molecule has 0 spiro atoms. The summed E-state index contributed by atoms with van der Waals surface area (Å²) in [5, 5.41) is 8.13. The van der Waals surface area contributed by atoms with Crippen LogP contribution in [-0.4, -0.2) is 26.7 Å². The third-order valence-corrected chi connectivity index (χ3v) is 4.83. The Morgan fingerprint density at radius 2 is 1.96 bits per heavy atom. The average molecular weight is 388 g/mol. The number of ketones is 1. The Morgan fingerprint density at radius 1 is 1.19 bits per heavy atom. The molecule has 0 saturated carbocycles. The summed E-state index contributed by atoms with van der Waals surface area (Å²) in [4.78, 5) is 16.8. The minimum absolute atomic E-state index is 0.0694. The number of carbonyl (C=O) groups excluding carboxylic acids is 1. The van der Waals surface area contributed by atoms with Crippen molar-refractivity contribution in [3.63, 3.8) is 0 Å². The van der Waals surface area contributed by atoms with Gasteiger partial charge in [0.25, 0.3) is 0 Å². The van der Waals surface area contributed by atoms with E-state index in [0.29, 0.717) is 27.5 Å². The molecule has 0 unspecified atom stereocenters. The van der Waals surface area contributed by atoms with Gasteiger partial charge in [0.2, 0.25) is 5.16 Å². The normalized spacial score (nSPS) is 10.7. The van der Waals surface area contributed by atoms with Gasteiger partial charge in [-0.3, -0.25) is 9.89 Å². The van der Waals surface area contributed by atoms with Crippen LogP contribution in [0.4, 0.5) is 0 Å². The third-order valence-electron chi connectivity index (χ3n) is 3.73. The van der Waals surface area contributed by atoms with Gasteiger partial charge in [0.05, 0.1) is 5.75 Å². The highest BCUT2D eigenvalue weighted by Gasteiger charge is 2.12. The molecule has 1 aromatic heterocycles. The molecule has 5 nitrogen and oxygen atoms in total. The lowest BCUT2D eigenvalue weighted by molar-refractivity contribution is 0.102. The minimum atomic E-state index is 0.0694. The molecule has 0 aliphatic rings. The molecular weight excluding hydrogens is 370 g/mol. The predicted octanol–water partition coefficient (Wildman–Crippen LogP) is 4.63. The fraction of sp³-hybridized carbons (Fsp3) is 0.211. The first-order chi connectivity index (χ1) is 12.5. The molecule has 7 heteroatoms. The van der Waals surface area contributed by atoms with Gasteiger partial charge in [-0.05, 0) is 49.7 Å². The number of ether oxygens (including phenoxy) is 1. The predicted molar refractivity (Wildman–Crippen MR) is 103 cm³/mol. The molecule has 0 atom stereocenters. The number of H-pyrrole nitrogens is 1. The monoisotopic (exact) mass is 387 g/mol. The van der Waals surface area contributed by atoms with Crippen molar-refractivity contribution in [3.8, 4) is 5.75 Å². The molecule has 0 saturated heterocycles. The highest BCUT2D eigenvalue weighted by Crippen LogP contribution is 2.19. The summed E-state index contributed by atoms with van der Waals surface area (Å²) in [7, 11) is 0. The first-order valence-corrected chi connectivity index (χ1v) is 9.40. The van der Waals surface area contributed by atoms with Crippen molar-refractivity contribution in [3.05, 3.63) is 70.0 Å². The molecule has 0 aliphatic carbocycles. The Bertz CT molecular complexity index is 909. The zero-order valence-corrected chi connectivity index (χ0v) is 16.0. The summed E-state index contributed by atoms with van der Waals surface area (Å²) >= 11 is 7.15. The van der Waals surface area contributed by atoms with Gasteiger partial charge in [-0.25, -0.2) is 4.98 Å². The van der Waals surface area contributed by atoms with Gasteiger partial charge < -0.3 is 4.74 Å². The Labute approximate surface area is 161 Å². The second kappa shape index (κ2) is 8.38. The second-order valence-electron chi connectivity index (χ2n) is 5.84. The topological polar surface area (TPSA) is 67.9 Å². The van der Waals surface area contributed by atoms with Gasteiger partial charge in [0.15, 0.2) is 11.6 Å². The Balaban J connectivity index is 1.54. The van der Waals surface area contributed by atoms with Crippen LogP contribution in [0.1, 0.15) is 27.3 Å². The van der Waals surface area contributed by atoms with Gasteiger partial charge in [0.1, 0.15) is 12.4 Å². The first-order valence-electron chi connectivity index (χ1n) is 8.04. The van der Waals surface area contributed by atoms with E-state index in [4.69, 9.17) is 16.3 Å². The van der Waals surface area contributed by atoms with Gasteiger partial charge in [-0.15, -0.1) is 5.10 Å². The minimum Gasteiger partial charge on any atom is -0.486 e. The lowest BCUT2D eigenvalue weighted by Gasteiger charge is -2.05. The molecule has 0 radical (unpaired) electrons. The average Bonchev–Trinajstić information content (AvgIpc) is 3.09. The van der Waals surface area contributed by atoms with E-state index in [2.05, 4.69) is 15.2 Å². The number of Topliss-reactive ketones (excluding diaryl/α,β-unsaturated/α-hetero) is 1. The fourth-order valence-corrected chi connectivity index (χ4v) is 3.16. The van der Waals surface area contributed by atoms with Crippen LogP contribution in [0, 0.1) is 13.8 Å². The fourth-order valence-electron chi connectivity index (χ4n) is 2.33. The zero-order chi connectivity index (χ0) is 18.5. The van der Waals surface area contributed by atoms with Crippen molar-refractivity contribution >= 4 is 29.1 Å². The molecule has 26 heavy (non-hydrogen) atoms. The first kappa shape index (κ1) is 18.5. The van der Waals surface area contributed by atoms with Crippen molar-refractivity contribution in [1.82, 2.24) is 15.2 Å². The third kappa shape index (κ3) is 4.86. The number of aromatic amines is 1. The maximum atomic E-state index is 12.4. The zero-order valence-electron chi connectivity index (χ0n) is 14.5. The highest BCUT2D eigenvalue weighted by atomic mass is 35.5. The number of benzene rings is 2. The van der Waals surface area contributed by atoms with E-state index in [1.807, 2.05) is 32.0 Å². The molecule has 3 rings (SSSR count). The SMILES string of the molecule is Cc1ccc(C)c(C(=O)CSc2n[nH]c(COc3ccc(Cl)cc3)n2)c1. The van der Waals surface area contributed by atoms with Gasteiger partial charge in [0, 0.05) is 10.6 Å². The molecule has 3 aromatic rings. The molecule has 0 bridgehead atoms. The number of aromatic nitrogens is 3. The Hall–Kier alpha value is -2.31. The van der Waals surface area contributed by atoms with E-state index < -0.39 is 0 Å². The molecule has 2 aromatic carbocycles. The van der Waals surface area contributed by atoms with Crippen molar-refractivity contribution in [2.75, 3.05) is 5.75 Å². The number of hydrogen-bond acceptors (Lipinski definition) is 5. The Kier molecular flexibility index (Phi) is 5.96.